The standard InChI is InChI=1S/C20H24F2N4O3/c1-4-23-19(27)18-14-9-26(20(28)13(14)5-6-24-18)12(3)15-7-11(2)16(8-25-15)29-10-17(21)22/h5-7,12,17,25H,4,8-10H2,1-3H3,(H,23,27). The molecule has 2 amide bonds. The highest BCUT2D eigenvalue weighted by atomic mass is 19.3. The number of nitrogens with one attached hydrogen (secondary N) is 2. The number of carbonyl (C=O) groups excluding carboxylic acids is 2. The first-order valence-electron chi connectivity index (χ1n) is 9.46. The second kappa shape index (κ2) is 8.59. The van der Waals surface area contributed by atoms with Crippen LogP contribution in [0.5, 0.6) is 0 Å². The lowest BCUT2D eigenvalue weighted by molar-refractivity contribution is 0.0459. The van der Waals surface area contributed by atoms with E-state index in [1.807, 2.05) is 13.8 Å². The van der Waals surface area contributed by atoms with Crippen molar-refractivity contribution in [3.8, 4) is 0 Å². The van der Waals surface area contributed by atoms with Crippen molar-refractivity contribution in [3.05, 3.63) is 52.2 Å². The maximum absolute atomic E-state index is 12.9. The molecule has 3 rings (SSSR count). The molecule has 2 N–H and O–H groups in total. The number of nitrogens with zero attached hydrogens (tertiary/aromatic N) is 2. The van der Waals surface area contributed by atoms with Crippen molar-refractivity contribution in [2.45, 2.75) is 39.8 Å². The predicted octanol–water partition coefficient (Wildman–Crippen LogP) is 2.22. The van der Waals surface area contributed by atoms with Crippen LogP contribution in [0.1, 0.15) is 47.2 Å². The molecular formula is C20H24F2N4O3. The Morgan fingerprint density at radius 1 is 1.45 bits per heavy atom. The second-order valence-corrected chi connectivity index (χ2v) is 6.92. The van der Waals surface area contributed by atoms with E-state index in [-0.39, 0.29) is 36.6 Å². The topological polar surface area (TPSA) is 83.6 Å². The minimum Gasteiger partial charge on any atom is -0.490 e. The number of amides is 2. The number of fused-ring (bicyclic) bond motifs is 1. The summed E-state index contributed by atoms with van der Waals surface area (Å²) in [6, 6.07) is 1.32. The highest BCUT2D eigenvalue weighted by Crippen LogP contribution is 2.29. The van der Waals surface area contributed by atoms with Crippen molar-refractivity contribution < 1.29 is 23.1 Å². The predicted molar refractivity (Wildman–Crippen MR) is 102 cm³/mol. The van der Waals surface area contributed by atoms with Crippen LogP contribution in [0.2, 0.25) is 0 Å². The van der Waals surface area contributed by atoms with Gasteiger partial charge in [0.2, 0.25) is 0 Å². The molecule has 0 spiro atoms. The van der Waals surface area contributed by atoms with Crippen LogP contribution < -0.4 is 10.6 Å². The van der Waals surface area contributed by atoms with Crippen LogP contribution in [-0.4, -0.2) is 53.9 Å². The van der Waals surface area contributed by atoms with E-state index in [0.717, 1.165) is 11.3 Å². The summed E-state index contributed by atoms with van der Waals surface area (Å²) >= 11 is 0. The minimum atomic E-state index is -2.53. The molecule has 0 saturated heterocycles. The first-order valence-corrected chi connectivity index (χ1v) is 9.46. The minimum absolute atomic E-state index is 0.176. The Morgan fingerprint density at radius 3 is 2.86 bits per heavy atom. The number of carbonyl (C=O) groups is 2. The number of rotatable bonds is 7. The van der Waals surface area contributed by atoms with Crippen LogP contribution in [0.15, 0.2) is 35.4 Å². The highest BCUT2D eigenvalue weighted by Gasteiger charge is 2.36. The van der Waals surface area contributed by atoms with Crippen LogP contribution >= 0.6 is 0 Å². The Hall–Kier alpha value is -2.97. The van der Waals surface area contributed by atoms with Crippen molar-refractivity contribution in [3.63, 3.8) is 0 Å². The summed E-state index contributed by atoms with van der Waals surface area (Å²) in [4.78, 5) is 31.0. The fourth-order valence-electron chi connectivity index (χ4n) is 3.45. The number of allylic oxidation sites excluding steroid dienone is 2. The number of alkyl halides is 2. The van der Waals surface area contributed by atoms with E-state index in [0.29, 0.717) is 23.4 Å². The zero-order valence-corrected chi connectivity index (χ0v) is 16.6. The molecule has 2 aliphatic heterocycles. The number of halogens is 2. The Kier molecular flexibility index (Phi) is 6.14. The monoisotopic (exact) mass is 406 g/mol. The molecule has 3 heterocycles. The van der Waals surface area contributed by atoms with Gasteiger partial charge in [-0.1, -0.05) is 0 Å². The molecule has 1 atom stereocenters. The van der Waals surface area contributed by atoms with Gasteiger partial charge in [-0.25, -0.2) is 8.78 Å². The highest BCUT2D eigenvalue weighted by molar-refractivity contribution is 6.03. The number of hydrogen-bond acceptors (Lipinski definition) is 5. The lowest BCUT2D eigenvalue weighted by Crippen LogP contribution is -2.40. The third-order valence-electron chi connectivity index (χ3n) is 4.99. The smallest absolute Gasteiger partial charge is 0.272 e. The summed E-state index contributed by atoms with van der Waals surface area (Å²) in [5.74, 6) is -0.0224. The quantitative estimate of drug-likeness (QED) is 0.726. The van der Waals surface area contributed by atoms with E-state index in [1.54, 1.807) is 24.0 Å². The van der Waals surface area contributed by atoms with Crippen LogP contribution in [0.4, 0.5) is 8.78 Å². The van der Waals surface area contributed by atoms with Gasteiger partial charge in [0.15, 0.2) is 0 Å². The molecule has 29 heavy (non-hydrogen) atoms. The fraction of sp³-hybridized carbons (Fsp3) is 0.450. The summed E-state index contributed by atoms with van der Waals surface area (Å²) in [6.07, 6.45) is 0.731. The van der Waals surface area contributed by atoms with Crippen molar-refractivity contribution in [2.24, 2.45) is 0 Å². The Balaban J connectivity index is 1.80. The Bertz CT molecular complexity index is 882. The van der Waals surface area contributed by atoms with Crippen LogP contribution in [0, 0.1) is 0 Å². The normalized spacial score (nSPS) is 17.1. The van der Waals surface area contributed by atoms with Crippen molar-refractivity contribution in [1.82, 2.24) is 20.5 Å². The Labute approximate surface area is 167 Å². The third kappa shape index (κ3) is 4.23. The molecule has 0 aromatic carbocycles. The molecule has 2 aliphatic rings. The summed E-state index contributed by atoms with van der Waals surface area (Å²) in [7, 11) is 0. The summed E-state index contributed by atoms with van der Waals surface area (Å²) in [6.45, 7) is 5.84. The van der Waals surface area contributed by atoms with E-state index in [9.17, 15) is 18.4 Å². The number of pyridine rings is 1. The van der Waals surface area contributed by atoms with Gasteiger partial charge >= 0.3 is 0 Å². The number of hydrogen-bond donors (Lipinski definition) is 2. The van der Waals surface area contributed by atoms with Crippen LogP contribution in [0.25, 0.3) is 0 Å². The maximum Gasteiger partial charge on any atom is 0.272 e. The van der Waals surface area contributed by atoms with Gasteiger partial charge in [0.25, 0.3) is 18.2 Å². The van der Waals surface area contributed by atoms with Gasteiger partial charge in [-0.3, -0.25) is 14.6 Å². The summed E-state index contributed by atoms with van der Waals surface area (Å²) in [5, 5.41) is 5.87. The van der Waals surface area contributed by atoms with Gasteiger partial charge in [-0.05, 0) is 38.5 Å². The average Bonchev–Trinajstić information content (AvgIpc) is 3.03. The largest absolute Gasteiger partial charge is 0.490 e. The molecule has 9 heteroatoms. The van der Waals surface area contributed by atoms with E-state index in [2.05, 4.69) is 15.6 Å². The second-order valence-electron chi connectivity index (χ2n) is 6.92. The van der Waals surface area contributed by atoms with Gasteiger partial charge in [0.05, 0.1) is 12.6 Å². The molecule has 1 unspecified atom stereocenters. The molecule has 0 aliphatic carbocycles. The van der Waals surface area contributed by atoms with Crippen molar-refractivity contribution in [1.29, 1.82) is 0 Å². The molecular weight excluding hydrogens is 382 g/mol. The average molecular weight is 406 g/mol. The SMILES string of the molecule is CCNC(=O)c1nccc2c1CN(C(C)C1=CC(C)=C(OCC(F)F)CN1)C2=O. The van der Waals surface area contributed by atoms with E-state index in [1.165, 1.54) is 6.20 Å². The Morgan fingerprint density at radius 2 is 2.21 bits per heavy atom. The van der Waals surface area contributed by atoms with Gasteiger partial charge < -0.3 is 20.3 Å². The molecule has 0 radical (unpaired) electrons. The molecule has 7 nitrogen and oxygen atoms in total. The van der Waals surface area contributed by atoms with Gasteiger partial charge in [-0.2, -0.15) is 0 Å². The van der Waals surface area contributed by atoms with Crippen molar-refractivity contribution in [2.75, 3.05) is 19.7 Å². The lowest BCUT2D eigenvalue weighted by atomic mass is 10.1. The maximum atomic E-state index is 12.9. The van der Waals surface area contributed by atoms with Gasteiger partial charge in [0.1, 0.15) is 18.1 Å². The first-order chi connectivity index (χ1) is 13.8. The van der Waals surface area contributed by atoms with Crippen LogP contribution in [0.3, 0.4) is 0 Å². The van der Waals surface area contributed by atoms with Gasteiger partial charge in [0, 0.05) is 36.1 Å². The number of dihydropyridines is 1. The summed E-state index contributed by atoms with van der Waals surface area (Å²) < 4.78 is 29.9. The lowest BCUT2D eigenvalue weighted by Gasteiger charge is -2.30. The zero-order chi connectivity index (χ0) is 21.1. The van der Waals surface area contributed by atoms with Crippen molar-refractivity contribution >= 4 is 11.8 Å². The fourth-order valence-corrected chi connectivity index (χ4v) is 3.45. The summed E-state index contributed by atoms with van der Waals surface area (Å²) in [5.41, 5.74) is 2.86. The zero-order valence-electron chi connectivity index (χ0n) is 16.6. The molecule has 0 bridgehead atoms. The van der Waals surface area contributed by atoms with E-state index in [4.69, 9.17) is 4.74 Å². The molecule has 1 aromatic rings. The third-order valence-corrected chi connectivity index (χ3v) is 4.99. The van der Waals surface area contributed by atoms with Crippen LogP contribution in [-0.2, 0) is 11.3 Å². The molecule has 0 fully saturated rings. The molecule has 156 valence electrons. The molecule has 0 saturated carbocycles. The van der Waals surface area contributed by atoms with Gasteiger partial charge in [-0.15, -0.1) is 0 Å². The van der Waals surface area contributed by atoms with E-state index < -0.39 is 13.0 Å². The number of aromatic nitrogens is 1. The first kappa shape index (κ1) is 20.8. The molecule has 1 aromatic heterocycles. The van der Waals surface area contributed by atoms with E-state index >= 15 is 0 Å². The number of ether oxygens (including phenoxy) is 1.